The Morgan fingerprint density at radius 2 is 0.895 bits per heavy atom. The van der Waals surface area contributed by atoms with Crippen molar-refractivity contribution in [3.05, 3.63) is 318 Å². The average Bonchev–Trinajstić information content (AvgIpc) is 3.46. The normalized spacial score (nSPS) is 12.1. The molecule has 1 atom stereocenters. The van der Waals surface area contributed by atoms with Gasteiger partial charge >= 0.3 is 0 Å². The molecule has 0 N–H and O–H groups in total. The number of rotatable bonds is 10. The lowest BCUT2D eigenvalue weighted by molar-refractivity contribution is 0.873. The third-order valence-electron chi connectivity index (χ3n) is 13.6. The SMILES string of the molecule is C=C(C)Cc1c(C)c(-c2ccccc2C)cc(C2=CC=CCC2c2ccccc2)c1-c1ccccc1C.C=C(C)c1cccc(-c2ccc(-c3ccccc3)cc2)c1.C=C(C)c1ccccc1.CC.Cc1ccccc1. The highest BCUT2D eigenvalue weighted by molar-refractivity contribution is 5.92. The van der Waals surface area contributed by atoms with Gasteiger partial charge in [-0.05, 0) is 168 Å². The fraction of sp³-hybridized carbons (Fsp3) is 0.158. The van der Waals surface area contributed by atoms with Gasteiger partial charge in [0.05, 0.1) is 0 Å². The second-order valence-electron chi connectivity index (χ2n) is 19.6. The van der Waals surface area contributed by atoms with Gasteiger partial charge in [0, 0.05) is 5.92 Å². The Hall–Kier alpha value is -8.32. The lowest BCUT2D eigenvalue weighted by Crippen LogP contribution is -2.09. The first-order valence-electron chi connectivity index (χ1n) is 26.9. The fourth-order valence-corrected chi connectivity index (χ4v) is 9.52. The predicted octanol–water partition coefficient (Wildman–Crippen LogP) is 22.0. The van der Waals surface area contributed by atoms with Crippen molar-refractivity contribution in [2.75, 3.05) is 0 Å². The largest absolute Gasteiger partial charge is 0.0998 e. The van der Waals surface area contributed by atoms with Crippen LogP contribution in [-0.2, 0) is 6.42 Å². The second-order valence-corrected chi connectivity index (χ2v) is 19.6. The van der Waals surface area contributed by atoms with Crippen LogP contribution >= 0.6 is 0 Å². The Labute approximate surface area is 457 Å². The van der Waals surface area contributed by atoms with Crippen LogP contribution in [0.2, 0.25) is 0 Å². The van der Waals surface area contributed by atoms with Crippen LogP contribution in [0.1, 0.15) is 97.0 Å². The molecule has 0 heteroatoms. The van der Waals surface area contributed by atoms with E-state index in [-0.39, 0.29) is 0 Å². The Morgan fingerprint density at radius 3 is 1.41 bits per heavy atom. The minimum absolute atomic E-state index is 0.319. The first-order chi connectivity index (χ1) is 36.9. The second kappa shape index (κ2) is 28.9. The molecule has 0 aromatic heterocycles. The Kier molecular flexibility index (Phi) is 21.7. The zero-order valence-corrected chi connectivity index (χ0v) is 46.7. The van der Waals surface area contributed by atoms with Crippen LogP contribution < -0.4 is 0 Å². The van der Waals surface area contributed by atoms with E-state index in [0.717, 1.165) is 24.0 Å². The Bertz CT molecular complexity index is 3350. The van der Waals surface area contributed by atoms with Gasteiger partial charge in [-0.3, -0.25) is 0 Å². The molecular formula is C76H78. The molecule has 0 aliphatic heterocycles. The quantitative estimate of drug-likeness (QED) is 0.120. The van der Waals surface area contributed by atoms with E-state index >= 15 is 0 Å². The molecule has 0 radical (unpaired) electrons. The van der Waals surface area contributed by atoms with Crippen LogP contribution in [0.15, 0.2) is 268 Å². The summed E-state index contributed by atoms with van der Waals surface area (Å²) in [5.41, 5.74) is 26.9. The summed E-state index contributed by atoms with van der Waals surface area (Å²) in [4.78, 5) is 0. The van der Waals surface area contributed by atoms with Gasteiger partial charge in [-0.25, -0.2) is 0 Å². The lowest BCUT2D eigenvalue weighted by Gasteiger charge is -2.29. The molecular weight excluding hydrogens is 913 g/mol. The molecule has 1 unspecified atom stereocenters. The Balaban J connectivity index is 0.000000199. The van der Waals surface area contributed by atoms with E-state index in [0.29, 0.717) is 5.92 Å². The molecule has 0 heterocycles. The van der Waals surface area contributed by atoms with Gasteiger partial charge in [0.25, 0.3) is 0 Å². The van der Waals surface area contributed by atoms with E-state index in [1.807, 2.05) is 70.2 Å². The van der Waals surface area contributed by atoms with Crippen molar-refractivity contribution in [2.45, 2.75) is 81.1 Å². The van der Waals surface area contributed by atoms with Crippen molar-refractivity contribution >= 4 is 16.7 Å². The average molecular weight is 991 g/mol. The summed E-state index contributed by atoms with van der Waals surface area (Å²) >= 11 is 0. The van der Waals surface area contributed by atoms with Crippen molar-refractivity contribution < 1.29 is 0 Å². The van der Waals surface area contributed by atoms with Crippen LogP contribution in [0, 0.1) is 27.7 Å². The first-order valence-corrected chi connectivity index (χ1v) is 26.9. The van der Waals surface area contributed by atoms with Crippen molar-refractivity contribution in [1.29, 1.82) is 0 Å². The number of aryl methyl sites for hydroxylation is 3. The minimum Gasteiger partial charge on any atom is -0.0998 e. The van der Waals surface area contributed by atoms with Crippen molar-refractivity contribution in [2.24, 2.45) is 0 Å². The molecule has 0 saturated heterocycles. The highest BCUT2D eigenvalue weighted by Crippen LogP contribution is 2.47. The monoisotopic (exact) mass is 991 g/mol. The fourth-order valence-electron chi connectivity index (χ4n) is 9.52. The topological polar surface area (TPSA) is 0 Å². The molecule has 0 nitrogen and oxygen atoms in total. The number of hydrogen-bond acceptors (Lipinski definition) is 0. The summed E-state index contributed by atoms with van der Waals surface area (Å²) in [5, 5.41) is 0. The van der Waals surface area contributed by atoms with Crippen molar-refractivity contribution in [3.8, 4) is 44.5 Å². The molecule has 382 valence electrons. The van der Waals surface area contributed by atoms with Crippen LogP contribution in [0.3, 0.4) is 0 Å². The summed E-state index contributed by atoms with van der Waals surface area (Å²) in [6.45, 7) is 31.2. The minimum atomic E-state index is 0.319. The molecule has 1 aliphatic rings. The van der Waals surface area contributed by atoms with Crippen LogP contribution in [0.5, 0.6) is 0 Å². The molecule has 0 amide bonds. The molecule has 76 heavy (non-hydrogen) atoms. The van der Waals surface area contributed by atoms with E-state index in [1.54, 1.807) is 0 Å². The number of allylic oxidation sites excluding steroid dienone is 7. The molecule has 9 aromatic carbocycles. The van der Waals surface area contributed by atoms with E-state index < -0.39 is 0 Å². The summed E-state index contributed by atoms with van der Waals surface area (Å²) in [6, 6.07) is 79.2. The van der Waals surface area contributed by atoms with Gasteiger partial charge in [0.1, 0.15) is 0 Å². The molecule has 0 bridgehead atoms. The molecule has 9 aromatic rings. The summed E-state index contributed by atoms with van der Waals surface area (Å²) < 4.78 is 0. The third-order valence-corrected chi connectivity index (χ3v) is 13.6. The van der Waals surface area contributed by atoms with Gasteiger partial charge in [-0.15, -0.1) is 0 Å². The zero-order chi connectivity index (χ0) is 54.4. The third kappa shape index (κ3) is 15.6. The van der Waals surface area contributed by atoms with Gasteiger partial charge in [-0.2, -0.15) is 0 Å². The van der Waals surface area contributed by atoms with Gasteiger partial charge in [0.2, 0.25) is 0 Å². The number of benzene rings is 9. The smallest absolute Gasteiger partial charge is 0.0130 e. The Morgan fingerprint density at radius 1 is 0.434 bits per heavy atom. The standard InChI is InChI=1S/C37H36.C21H18.C9H10.C7H8.C2H6/c1-25(2)23-35-28(5)34(30-19-11-9-15-26(30)3)24-36(37(35)31-20-12-10-16-27(31)4)33-22-14-13-21-32(33)29-17-7-6-8-18-29;1-16(2)20-9-6-10-21(15-20)19-13-11-18(12-14-19)17-7-4-3-5-8-17;1-8(2)9-6-4-3-5-7-9;1-7-5-3-2-4-6-7;1-2/h6-20,22,24,32H,1,21,23H2,2-5H3;3-15H,1H2,2H3;3-7H,1H2,2H3;2-6H,1H3;1-2H3. The summed E-state index contributed by atoms with van der Waals surface area (Å²) in [6.07, 6.45) is 8.76. The lowest BCUT2D eigenvalue weighted by atomic mass is 9.75. The highest BCUT2D eigenvalue weighted by Gasteiger charge is 2.26. The van der Waals surface area contributed by atoms with Crippen molar-refractivity contribution in [3.63, 3.8) is 0 Å². The maximum absolute atomic E-state index is 4.35. The first kappa shape index (κ1) is 57.0. The van der Waals surface area contributed by atoms with Crippen LogP contribution in [-0.4, -0.2) is 0 Å². The highest BCUT2D eigenvalue weighted by atomic mass is 14.3. The molecule has 0 spiro atoms. The van der Waals surface area contributed by atoms with E-state index in [2.05, 4.69) is 255 Å². The molecule has 0 saturated carbocycles. The van der Waals surface area contributed by atoms with E-state index in [4.69, 9.17) is 0 Å². The van der Waals surface area contributed by atoms with E-state index in [1.165, 1.54) is 106 Å². The molecule has 0 fully saturated rings. The maximum Gasteiger partial charge on any atom is 0.0130 e. The van der Waals surface area contributed by atoms with Crippen LogP contribution in [0.25, 0.3) is 61.2 Å². The van der Waals surface area contributed by atoms with Gasteiger partial charge in [0.15, 0.2) is 0 Å². The van der Waals surface area contributed by atoms with Gasteiger partial charge < -0.3 is 0 Å². The van der Waals surface area contributed by atoms with Crippen LogP contribution in [0.4, 0.5) is 0 Å². The zero-order valence-electron chi connectivity index (χ0n) is 46.7. The summed E-state index contributed by atoms with van der Waals surface area (Å²) in [5.74, 6) is 0.319. The number of hydrogen-bond donors (Lipinski definition) is 0. The molecule has 10 rings (SSSR count). The maximum atomic E-state index is 4.35. The molecule has 1 aliphatic carbocycles. The predicted molar refractivity (Wildman–Crippen MR) is 337 cm³/mol. The van der Waals surface area contributed by atoms with E-state index in [9.17, 15) is 0 Å². The van der Waals surface area contributed by atoms with Crippen molar-refractivity contribution in [1.82, 2.24) is 0 Å². The summed E-state index contributed by atoms with van der Waals surface area (Å²) in [7, 11) is 0. The van der Waals surface area contributed by atoms with Gasteiger partial charge in [-0.1, -0.05) is 286 Å².